The number of aromatic nitrogens is 2. The molecule has 0 amide bonds. The van der Waals surface area contributed by atoms with E-state index in [4.69, 9.17) is 0 Å². The van der Waals surface area contributed by atoms with Crippen molar-refractivity contribution in [2.75, 3.05) is 7.05 Å². The SMILES string of the molecule is CNCc1cncn1C(C)Cc1cccs1. The monoisotopic (exact) mass is 235 g/mol. The van der Waals surface area contributed by atoms with Crippen molar-refractivity contribution < 1.29 is 0 Å². The van der Waals surface area contributed by atoms with E-state index in [9.17, 15) is 0 Å². The molecule has 2 aromatic heterocycles. The van der Waals surface area contributed by atoms with E-state index in [1.54, 1.807) is 0 Å². The van der Waals surface area contributed by atoms with Gasteiger partial charge in [0.15, 0.2) is 0 Å². The van der Waals surface area contributed by atoms with Crippen LogP contribution in [-0.4, -0.2) is 16.6 Å². The third-order valence-electron chi connectivity index (χ3n) is 2.66. The summed E-state index contributed by atoms with van der Waals surface area (Å²) < 4.78 is 2.25. The van der Waals surface area contributed by atoms with Crippen LogP contribution in [0.2, 0.25) is 0 Å². The highest BCUT2D eigenvalue weighted by Gasteiger charge is 2.10. The predicted octanol–water partition coefficient (Wildman–Crippen LogP) is 2.47. The second-order valence-electron chi connectivity index (χ2n) is 3.96. The van der Waals surface area contributed by atoms with Crippen molar-refractivity contribution >= 4 is 11.3 Å². The largest absolute Gasteiger partial charge is 0.330 e. The smallest absolute Gasteiger partial charge is 0.0951 e. The summed E-state index contributed by atoms with van der Waals surface area (Å²) in [5, 5.41) is 5.30. The lowest BCUT2D eigenvalue weighted by Crippen LogP contribution is -2.14. The second kappa shape index (κ2) is 5.27. The summed E-state index contributed by atoms with van der Waals surface area (Å²) in [6.07, 6.45) is 4.93. The molecule has 0 aliphatic heterocycles. The van der Waals surface area contributed by atoms with Crippen molar-refractivity contribution in [1.82, 2.24) is 14.9 Å². The lowest BCUT2D eigenvalue weighted by Gasteiger charge is -2.15. The molecule has 0 saturated carbocycles. The normalized spacial score (nSPS) is 12.9. The average Bonchev–Trinajstić information content (AvgIpc) is 2.89. The van der Waals surface area contributed by atoms with E-state index in [0.717, 1.165) is 13.0 Å². The molecule has 2 rings (SSSR count). The summed E-state index contributed by atoms with van der Waals surface area (Å²) in [5.41, 5.74) is 1.24. The van der Waals surface area contributed by atoms with E-state index in [0.29, 0.717) is 6.04 Å². The predicted molar refractivity (Wildman–Crippen MR) is 67.7 cm³/mol. The van der Waals surface area contributed by atoms with Crippen molar-refractivity contribution in [3.8, 4) is 0 Å². The molecule has 0 fully saturated rings. The molecule has 0 aliphatic carbocycles. The molecule has 86 valence electrons. The minimum atomic E-state index is 0.462. The van der Waals surface area contributed by atoms with E-state index < -0.39 is 0 Å². The standard InChI is InChI=1S/C12H17N3S/c1-10(6-12-4-3-5-16-12)15-9-14-8-11(15)7-13-2/h3-5,8-10,13H,6-7H2,1-2H3. The van der Waals surface area contributed by atoms with Gasteiger partial charge < -0.3 is 9.88 Å². The van der Waals surface area contributed by atoms with Crippen LogP contribution < -0.4 is 5.32 Å². The van der Waals surface area contributed by atoms with Crippen LogP contribution in [-0.2, 0) is 13.0 Å². The Morgan fingerprint density at radius 3 is 3.12 bits per heavy atom. The number of thiophene rings is 1. The first-order valence-corrected chi connectivity index (χ1v) is 6.37. The third-order valence-corrected chi connectivity index (χ3v) is 3.55. The molecule has 16 heavy (non-hydrogen) atoms. The first-order valence-electron chi connectivity index (χ1n) is 5.49. The first-order chi connectivity index (χ1) is 7.81. The lowest BCUT2D eigenvalue weighted by atomic mass is 10.2. The van der Waals surface area contributed by atoms with Crippen LogP contribution in [0, 0.1) is 0 Å². The molecule has 1 N–H and O–H groups in total. The Labute approximate surface area is 100 Å². The molecule has 2 aromatic rings. The highest BCUT2D eigenvalue weighted by molar-refractivity contribution is 7.09. The van der Waals surface area contributed by atoms with Gasteiger partial charge in [0, 0.05) is 30.1 Å². The van der Waals surface area contributed by atoms with Gasteiger partial charge in [-0.2, -0.15) is 0 Å². The Balaban J connectivity index is 2.08. The molecule has 0 saturated heterocycles. The maximum atomic E-state index is 4.22. The van der Waals surface area contributed by atoms with Crippen LogP contribution in [0.5, 0.6) is 0 Å². The topological polar surface area (TPSA) is 29.9 Å². The second-order valence-corrected chi connectivity index (χ2v) is 4.99. The maximum Gasteiger partial charge on any atom is 0.0951 e. The number of imidazole rings is 1. The van der Waals surface area contributed by atoms with Crippen LogP contribution in [0.4, 0.5) is 0 Å². The van der Waals surface area contributed by atoms with Crippen LogP contribution in [0.25, 0.3) is 0 Å². The van der Waals surface area contributed by atoms with Crippen molar-refractivity contribution in [2.24, 2.45) is 0 Å². The van der Waals surface area contributed by atoms with Crippen LogP contribution >= 0.6 is 11.3 Å². The molecular weight excluding hydrogens is 218 g/mol. The Morgan fingerprint density at radius 2 is 2.44 bits per heavy atom. The van der Waals surface area contributed by atoms with Gasteiger partial charge in [0.2, 0.25) is 0 Å². The number of nitrogens with zero attached hydrogens (tertiary/aromatic N) is 2. The first kappa shape index (κ1) is 11.4. The van der Waals surface area contributed by atoms with Gasteiger partial charge in [-0.15, -0.1) is 11.3 Å². The summed E-state index contributed by atoms with van der Waals surface area (Å²) in [5.74, 6) is 0. The Bertz CT molecular complexity index is 419. The van der Waals surface area contributed by atoms with Crippen LogP contribution in [0.1, 0.15) is 23.5 Å². The van der Waals surface area contributed by atoms with Crippen molar-refractivity contribution in [3.63, 3.8) is 0 Å². The maximum absolute atomic E-state index is 4.22. The van der Waals surface area contributed by atoms with Gasteiger partial charge in [-0.05, 0) is 25.4 Å². The summed E-state index contributed by atoms with van der Waals surface area (Å²) in [4.78, 5) is 5.64. The number of rotatable bonds is 5. The van der Waals surface area contributed by atoms with E-state index in [1.807, 2.05) is 30.9 Å². The van der Waals surface area contributed by atoms with Gasteiger partial charge in [-0.3, -0.25) is 0 Å². The molecule has 3 nitrogen and oxygen atoms in total. The Kier molecular flexibility index (Phi) is 3.74. The molecule has 0 aliphatic rings. The molecule has 1 unspecified atom stereocenters. The number of nitrogens with one attached hydrogen (secondary N) is 1. The van der Waals surface area contributed by atoms with Gasteiger partial charge in [0.25, 0.3) is 0 Å². The minimum absolute atomic E-state index is 0.462. The zero-order valence-electron chi connectivity index (χ0n) is 9.68. The van der Waals surface area contributed by atoms with E-state index >= 15 is 0 Å². The van der Waals surface area contributed by atoms with E-state index in [2.05, 4.69) is 39.3 Å². The van der Waals surface area contributed by atoms with E-state index in [-0.39, 0.29) is 0 Å². The lowest BCUT2D eigenvalue weighted by molar-refractivity contribution is 0.521. The van der Waals surface area contributed by atoms with Gasteiger partial charge in [0.05, 0.1) is 12.0 Å². The fourth-order valence-electron chi connectivity index (χ4n) is 1.87. The Hall–Kier alpha value is -1.13. The molecule has 1 atom stereocenters. The summed E-state index contributed by atoms with van der Waals surface area (Å²) in [7, 11) is 1.96. The average molecular weight is 235 g/mol. The molecule has 0 aromatic carbocycles. The fourth-order valence-corrected chi connectivity index (χ4v) is 2.69. The molecule has 0 radical (unpaired) electrons. The number of hydrogen-bond donors (Lipinski definition) is 1. The zero-order chi connectivity index (χ0) is 11.4. The summed E-state index contributed by atoms with van der Waals surface area (Å²) >= 11 is 1.82. The molecule has 0 spiro atoms. The van der Waals surface area contributed by atoms with Crippen molar-refractivity contribution in [1.29, 1.82) is 0 Å². The molecule has 2 heterocycles. The highest BCUT2D eigenvalue weighted by atomic mass is 32.1. The minimum Gasteiger partial charge on any atom is -0.330 e. The molecule has 4 heteroatoms. The quantitative estimate of drug-likeness (QED) is 0.863. The highest BCUT2D eigenvalue weighted by Crippen LogP contribution is 2.19. The summed E-state index contributed by atoms with van der Waals surface area (Å²) in [6, 6.07) is 4.76. The fraction of sp³-hybridized carbons (Fsp3) is 0.417. The van der Waals surface area contributed by atoms with Gasteiger partial charge >= 0.3 is 0 Å². The van der Waals surface area contributed by atoms with Crippen molar-refractivity contribution in [3.05, 3.63) is 40.6 Å². The summed E-state index contributed by atoms with van der Waals surface area (Å²) in [6.45, 7) is 3.11. The van der Waals surface area contributed by atoms with Crippen LogP contribution in [0.15, 0.2) is 30.0 Å². The van der Waals surface area contributed by atoms with Gasteiger partial charge in [-0.1, -0.05) is 6.07 Å². The number of hydrogen-bond acceptors (Lipinski definition) is 3. The van der Waals surface area contributed by atoms with Crippen LogP contribution in [0.3, 0.4) is 0 Å². The van der Waals surface area contributed by atoms with E-state index in [1.165, 1.54) is 10.6 Å². The zero-order valence-corrected chi connectivity index (χ0v) is 10.5. The Morgan fingerprint density at radius 1 is 1.56 bits per heavy atom. The van der Waals surface area contributed by atoms with Gasteiger partial charge in [0.1, 0.15) is 0 Å². The molecule has 0 bridgehead atoms. The van der Waals surface area contributed by atoms with Gasteiger partial charge in [-0.25, -0.2) is 4.98 Å². The molecular formula is C12H17N3S. The third kappa shape index (κ3) is 2.51. The van der Waals surface area contributed by atoms with Crippen molar-refractivity contribution in [2.45, 2.75) is 25.9 Å².